The maximum absolute atomic E-state index is 13.3. The number of nitrogens with zero attached hydrogens (tertiary/aromatic N) is 4. The van der Waals surface area contributed by atoms with E-state index in [1.165, 1.54) is 18.2 Å². The van der Waals surface area contributed by atoms with Crippen molar-refractivity contribution in [3.8, 4) is 11.3 Å². The van der Waals surface area contributed by atoms with Gasteiger partial charge in [-0.15, -0.1) is 0 Å². The number of halogens is 6. The molecule has 0 atom stereocenters. The third-order valence-electron chi connectivity index (χ3n) is 5.70. The number of amides is 1. The van der Waals surface area contributed by atoms with E-state index >= 15 is 0 Å². The van der Waals surface area contributed by atoms with Crippen molar-refractivity contribution in [2.24, 2.45) is 0 Å². The lowest BCUT2D eigenvalue weighted by Gasteiger charge is -2.27. The number of alkyl halides is 6. The zero-order chi connectivity index (χ0) is 24.7. The van der Waals surface area contributed by atoms with Gasteiger partial charge in [-0.25, -0.2) is 0 Å². The summed E-state index contributed by atoms with van der Waals surface area (Å²) in [7, 11) is 0. The molecular weight excluding hydrogens is 462 g/mol. The molecule has 1 amide bonds. The van der Waals surface area contributed by atoms with Gasteiger partial charge in [0.15, 0.2) is 0 Å². The molecule has 34 heavy (non-hydrogen) atoms. The maximum Gasteiger partial charge on any atom is 0.433 e. The lowest BCUT2D eigenvalue weighted by Crippen LogP contribution is -2.36. The summed E-state index contributed by atoms with van der Waals surface area (Å²) < 4.78 is 79.9. The fraction of sp³-hybridized carbons (Fsp3) is 0.348. The lowest BCUT2D eigenvalue weighted by atomic mass is 9.99. The Morgan fingerprint density at radius 2 is 1.82 bits per heavy atom. The van der Waals surface area contributed by atoms with Gasteiger partial charge >= 0.3 is 12.4 Å². The Bertz CT molecular complexity index is 1200. The van der Waals surface area contributed by atoms with Crippen LogP contribution in [0.2, 0.25) is 0 Å². The molecule has 1 aromatic carbocycles. The quantitative estimate of drug-likeness (QED) is 0.473. The molecule has 4 rings (SSSR count). The fourth-order valence-electron chi connectivity index (χ4n) is 3.99. The van der Waals surface area contributed by atoms with Crippen molar-refractivity contribution in [1.29, 1.82) is 0 Å². The molecule has 5 nitrogen and oxygen atoms in total. The number of aromatic nitrogens is 3. The van der Waals surface area contributed by atoms with Gasteiger partial charge in [-0.1, -0.05) is 25.1 Å². The first-order valence-electron chi connectivity index (χ1n) is 10.5. The number of fused-ring (bicyclic) bond motifs is 1. The summed E-state index contributed by atoms with van der Waals surface area (Å²) in [6.45, 7) is 2.43. The van der Waals surface area contributed by atoms with Gasteiger partial charge in [0.25, 0.3) is 0 Å². The molecule has 1 aliphatic heterocycles. The topological polar surface area (TPSA) is 51.0 Å². The van der Waals surface area contributed by atoms with Crippen LogP contribution < -0.4 is 0 Å². The average Bonchev–Trinajstić information content (AvgIpc) is 3.15. The fourth-order valence-corrected chi connectivity index (χ4v) is 3.99. The molecular formula is C23H20F6N4O. The summed E-state index contributed by atoms with van der Waals surface area (Å²) in [5, 5.41) is 4.53. The van der Waals surface area contributed by atoms with Crippen molar-refractivity contribution in [3.05, 3.63) is 70.7 Å². The normalized spacial score (nSPS) is 14.3. The molecule has 3 aromatic rings. The second kappa shape index (κ2) is 8.77. The average molecular weight is 482 g/mol. The Hall–Kier alpha value is -3.37. The molecule has 11 heteroatoms. The van der Waals surface area contributed by atoms with Crippen LogP contribution in [0.1, 0.15) is 41.4 Å². The molecule has 0 fully saturated rings. The Morgan fingerprint density at radius 1 is 1.06 bits per heavy atom. The van der Waals surface area contributed by atoms with Crippen LogP contribution in [0.5, 0.6) is 0 Å². The van der Waals surface area contributed by atoms with Crippen molar-refractivity contribution in [2.75, 3.05) is 6.54 Å². The lowest BCUT2D eigenvalue weighted by molar-refractivity contribution is -0.141. The minimum atomic E-state index is -4.56. The van der Waals surface area contributed by atoms with Crippen LogP contribution in [0.4, 0.5) is 26.3 Å². The third kappa shape index (κ3) is 4.78. The van der Waals surface area contributed by atoms with Crippen molar-refractivity contribution >= 4 is 5.91 Å². The molecule has 0 N–H and O–H groups in total. The molecule has 0 saturated heterocycles. The van der Waals surface area contributed by atoms with Gasteiger partial charge in [0, 0.05) is 48.9 Å². The monoisotopic (exact) mass is 482 g/mol. The second-order valence-corrected chi connectivity index (χ2v) is 7.98. The Kier molecular flexibility index (Phi) is 6.13. The van der Waals surface area contributed by atoms with E-state index in [-0.39, 0.29) is 24.6 Å². The molecule has 0 radical (unpaired) electrons. The minimum Gasteiger partial charge on any atom is -0.338 e. The van der Waals surface area contributed by atoms with E-state index in [0.717, 1.165) is 30.1 Å². The smallest absolute Gasteiger partial charge is 0.338 e. The molecule has 0 spiro atoms. The van der Waals surface area contributed by atoms with Gasteiger partial charge in [-0.2, -0.15) is 31.4 Å². The minimum absolute atomic E-state index is 0.0830. The van der Waals surface area contributed by atoms with Crippen LogP contribution in [-0.2, 0) is 36.7 Å². The molecule has 3 heterocycles. The summed E-state index contributed by atoms with van der Waals surface area (Å²) in [6, 6.07) is 6.95. The number of hydrogen-bond acceptors (Lipinski definition) is 3. The van der Waals surface area contributed by atoms with Crippen LogP contribution in [0.25, 0.3) is 11.3 Å². The summed E-state index contributed by atoms with van der Waals surface area (Å²) >= 11 is 0. The van der Waals surface area contributed by atoms with Gasteiger partial charge in [-0.05, 0) is 23.8 Å². The highest BCUT2D eigenvalue weighted by Crippen LogP contribution is 2.35. The summed E-state index contributed by atoms with van der Waals surface area (Å²) in [5.74, 6) is -0.0830. The largest absolute Gasteiger partial charge is 0.433 e. The van der Waals surface area contributed by atoms with Gasteiger partial charge in [0.2, 0.25) is 5.91 Å². The molecule has 2 aromatic heterocycles. The third-order valence-corrected chi connectivity index (χ3v) is 5.70. The first kappa shape index (κ1) is 23.8. The van der Waals surface area contributed by atoms with E-state index in [0.29, 0.717) is 36.2 Å². The predicted molar refractivity (Wildman–Crippen MR) is 110 cm³/mol. The van der Waals surface area contributed by atoms with Crippen LogP contribution in [0.15, 0.2) is 42.6 Å². The number of carbonyl (C=O) groups is 1. The van der Waals surface area contributed by atoms with E-state index in [9.17, 15) is 31.1 Å². The highest BCUT2D eigenvalue weighted by Gasteiger charge is 2.33. The van der Waals surface area contributed by atoms with E-state index in [1.807, 2.05) is 0 Å². The van der Waals surface area contributed by atoms with Gasteiger partial charge < -0.3 is 4.90 Å². The molecule has 0 bridgehead atoms. The molecule has 180 valence electrons. The number of pyridine rings is 1. The number of benzene rings is 1. The van der Waals surface area contributed by atoms with Crippen LogP contribution >= 0.6 is 0 Å². The first-order chi connectivity index (χ1) is 16.0. The number of rotatable bonds is 4. The second-order valence-electron chi connectivity index (χ2n) is 7.98. The number of carbonyl (C=O) groups excluding carboxylic acids is 1. The van der Waals surface area contributed by atoms with Gasteiger partial charge in [0.1, 0.15) is 5.69 Å². The molecule has 0 saturated carbocycles. The Labute approximate surface area is 191 Å². The zero-order valence-electron chi connectivity index (χ0n) is 18.0. The van der Waals surface area contributed by atoms with E-state index in [1.54, 1.807) is 16.5 Å². The molecule has 1 aliphatic rings. The van der Waals surface area contributed by atoms with Crippen molar-refractivity contribution in [3.63, 3.8) is 0 Å². The van der Waals surface area contributed by atoms with Crippen LogP contribution in [-0.4, -0.2) is 32.1 Å². The molecule has 0 unspecified atom stereocenters. The number of hydrogen-bond donors (Lipinski definition) is 0. The van der Waals surface area contributed by atoms with E-state index < -0.39 is 23.6 Å². The zero-order valence-corrected chi connectivity index (χ0v) is 18.0. The van der Waals surface area contributed by atoms with Crippen molar-refractivity contribution < 1.29 is 31.1 Å². The SMILES string of the molecule is CCC(=O)N1CCc2c(c(-c3cccc(C(F)(F)F)c3)nn2Cc2ccc(C(F)(F)F)nc2)C1. The maximum atomic E-state index is 13.3. The first-order valence-corrected chi connectivity index (χ1v) is 10.5. The summed E-state index contributed by atoms with van der Waals surface area (Å²) in [5.41, 5.74) is 0.547. The van der Waals surface area contributed by atoms with E-state index in [4.69, 9.17) is 0 Å². The standard InChI is InChI=1S/C23H20F6N4O/c1-2-20(34)32-9-8-18-17(13-32)21(15-4-3-5-16(10-15)22(24,25)26)31-33(18)12-14-6-7-19(30-11-14)23(27,28)29/h3-7,10-11H,2,8-9,12-13H2,1H3. The summed E-state index contributed by atoms with van der Waals surface area (Å²) in [4.78, 5) is 17.4. The highest BCUT2D eigenvalue weighted by atomic mass is 19.4. The van der Waals surface area contributed by atoms with Crippen molar-refractivity contribution in [1.82, 2.24) is 19.7 Å². The van der Waals surface area contributed by atoms with Crippen LogP contribution in [0, 0.1) is 0 Å². The molecule has 0 aliphatic carbocycles. The van der Waals surface area contributed by atoms with Gasteiger partial charge in [-0.3, -0.25) is 14.5 Å². The predicted octanol–water partition coefficient (Wildman–Crippen LogP) is 5.33. The summed E-state index contributed by atoms with van der Waals surface area (Å²) in [6.07, 6.45) is -7.28. The van der Waals surface area contributed by atoms with Gasteiger partial charge in [0.05, 0.1) is 17.8 Å². The van der Waals surface area contributed by atoms with Crippen molar-refractivity contribution in [2.45, 2.75) is 45.2 Å². The van der Waals surface area contributed by atoms with E-state index in [2.05, 4.69) is 10.1 Å². The highest BCUT2D eigenvalue weighted by molar-refractivity contribution is 5.77. The van der Waals surface area contributed by atoms with Crippen LogP contribution in [0.3, 0.4) is 0 Å². The Balaban J connectivity index is 1.75. The Morgan fingerprint density at radius 3 is 2.44 bits per heavy atom.